The lowest BCUT2D eigenvalue weighted by atomic mass is 10.1. The fraction of sp³-hybridized carbons (Fsp3) is 0.400. The van der Waals surface area contributed by atoms with Gasteiger partial charge in [0.05, 0.1) is 5.39 Å². The lowest BCUT2D eigenvalue weighted by Crippen LogP contribution is -2.16. The predicted molar refractivity (Wildman–Crippen MR) is 68.2 cm³/mol. The van der Waals surface area contributed by atoms with E-state index in [4.69, 9.17) is 5.14 Å². The summed E-state index contributed by atoms with van der Waals surface area (Å²) in [7, 11) is -3.79. The van der Waals surface area contributed by atoms with Gasteiger partial charge in [-0.25, -0.2) is 18.5 Å². The third-order valence-corrected chi connectivity index (χ3v) is 5.68. The first-order chi connectivity index (χ1) is 8.29. The standard InChI is InChI=1S/C10H11N3O3S2/c1-10(2-3-10)9-12-7(14)5-4-6(18(11,15)16)17-8(5)13-9/h4H,2-3H2,1H3,(H2,11,15,16)(H,12,13,14). The Hall–Kier alpha value is -1.25. The van der Waals surface area contributed by atoms with Crippen molar-refractivity contribution in [3.05, 3.63) is 22.2 Å². The lowest BCUT2D eigenvalue weighted by molar-refractivity contribution is 0.600. The maximum Gasteiger partial charge on any atom is 0.259 e. The van der Waals surface area contributed by atoms with Crippen molar-refractivity contribution in [3.63, 3.8) is 0 Å². The number of sulfonamides is 1. The second-order valence-corrected chi connectivity index (χ2v) is 7.62. The Morgan fingerprint density at radius 1 is 1.50 bits per heavy atom. The van der Waals surface area contributed by atoms with Crippen LogP contribution in [0, 0.1) is 0 Å². The Balaban J connectivity index is 2.28. The minimum Gasteiger partial charge on any atom is -0.309 e. The van der Waals surface area contributed by atoms with Crippen molar-refractivity contribution in [2.75, 3.05) is 0 Å². The van der Waals surface area contributed by atoms with Crippen LogP contribution in [0.25, 0.3) is 10.2 Å². The zero-order valence-electron chi connectivity index (χ0n) is 9.56. The smallest absolute Gasteiger partial charge is 0.259 e. The van der Waals surface area contributed by atoms with Crippen LogP contribution in [0.5, 0.6) is 0 Å². The molecule has 0 spiro atoms. The van der Waals surface area contributed by atoms with Gasteiger partial charge in [-0.05, 0) is 18.9 Å². The van der Waals surface area contributed by atoms with Gasteiger partial charge in [0.2, 0.25) is 10.0 Å². The largest absolute Gasteiger partial charge is 0.309 e. The first kappa shape index (κ1) is 11.8. The Labute approximate surface area is 107 Å². The molecule has 0 aromatic carbocycles. The number of nitrogens with two attached hydrogens (primary N) is 1. The molecule has 0 aliphatic heterocycles. The second kappa shape index (κ2) is 3.40. The molecule has 0 unspecified atom stereocenters. The molecule has 18 heavy (non-hydrogen) atoms. The number of nitrogens with one attached hydrogen (secondary N) is 1. The zero-order chi connectivity index (χ0) is 13.1. The predicted octanol–water partition coefficient (Wildman–Crippen LogP) is 0.684. The van der Waals surface area contributed by atoms with Crippen LogP contribution in [-0.2, 0) is 15.4 Å². The number of hydrogen-bond donors (Lipinski definition) is 2. The number of thiophene rings is 1. The molecule has 0 radical (unpaired) electrons. The number of hydrogen-bond acceptors (Lipinski definition) is 5. The van der Waals surface area contributed by atoms with Crippen LogP contribution in [0.2, 0.25) is 0 Å². The van der Waals surface area contributed by atoms with Crippen molar-refractivity contribution in [3.8, 4) is 0 Å². The molecular weight excluding hydrogens is 274 g/mol. The molecule has 0 amide bonds. The summed E-state index contributed by atoms with van der Waals surface area (Å²) in [5.74, 6) is 0.628. The van der Waals surface area contributed by atoms with Crippen LogP contribution in [0.3, 0.4) is 0 Å². The van der Waals surface area contributed by atoms with E-state index >= 15 is 0 Å². The summed E-state index contributed by atoms with van der Waals surface area (Å²) in [6.45, 7) is 2.02. The van der Waals surface area contributed by atoms with Gasteiger partial charge < -0.3 is 4.98 Å². The highest BCUT2D eigenvalue weighted by Crippen LogP contribution is 2.45. The zero-order valence-corrected chi connectivity index (χ0v) is 11.2. The molecule has 3 N–H and O–H groups in total. The van der Waals surface area contributed by atoms with Gasteiger partial charge in [0.25, 0.3) is 5.56 Å². The monoisotopic (exact) mass is 285 g/mol. The Bertz CT molecular complexity index is 799. The average molecular weight is 285 g/mol. The van der Waals surface area contributed by atoms with Crippen LogP contribution in [0.1, 0.15) is 25.6 Å². The molecule has 1 aliphatic carbocycles. The number of nitrogens with zero attached hydrogens (tertiary/aromatic N) is 1. The highest BCUT2D eigenvalue weighted by molar-refractivity contribution is 7.91. The molecule has 1 aliphatic rings. The van der Waals surface area contributed by atoms with Crippen LogP contribution in [-0.4, -0.2) is 18.4 Å². The van der Waals surface area contributed by atoms with E-state index in [1.54, 1.807) is 0 Å². The number of rotatable bonds is 2. The molecule has 0 atom stereocenters. The third kappa shape index (κ3) is 1.76. The van der Waals surface area contributed by atoms with Gasteiger partial charge in [0.15, 0.2) is 0 Å². The Morgan fingerprint density at radius 2 is 2.17 bits per heavy atom. The molecule has 1 fully saturated rings. The van der Waals surface area contributed by atoms with Crippen LogP contribution in [0.4, 0.5) is 0 Å². The van der Waals surface area contributed by atoms with Gasteiger partial charge in [0.1, 0.15) is 14.9 Å². The van der Waals surface area contributed by atoms with E-state index in [-0.39, 0.29) is 20.6 Å². The van der Waals surface area contributed by atoms with Gasteiger partial charge in [-0.2, -0.15) is 0 Å². The molecule has 0 bridgehead atoms. The fourth-order valence-electron chi connectivity index (χ4n) is 1.76. The molecule has 8 heteroatoms. The minimum atomic E-state index is -3.79. The normalized spacial score (nSPS) is 18.1. The summed E-state index contributed by atoms with van der Waals surface area (Å²) >= 11 is 0.932. The summed E-state index contributed by atoms with van der Waals surface area (Å²) in [6, 6.07) is 1.28. The van der Waals surface area contributed by atoms with Crippen molar-refractivity contribution < 1.29 is 8.42 Å². The van der Waals surface area contributed by atoms with Crippen LogP contribution < -0.4 is 10.7 Å². The summed E-state index contributed by atoms with van der Waals surface area (Å²) in [5.41, 5.74) is -0.381. The highest BCUT2D eigenvalue weighted by Gasteiger charge is 2.42. The highest BCUT2D eigenvalue weighted by atomic mass is 32.2. The van der Waals surface area contributed by atoms with Crippen LogP contribution in [0.15, 0.2) is 15.1 Å². The lowest BCUT2D eigenvalue weighted by Gasteiger charge is -2.05. The molecule has 2 aromatic heterocycles. The van der Waals surface area contributed by atoms with Crippen LogP contribution >= 0.6 is 11.3 Å². The first-order valence-corrected chi connectivity index (χ1v) is 7.73. The number of primary sulfonamides is 1. The number of fused-ring (bicyclic) bond motifs is 1. The van der Waals surface area contributed by atoms with E-state index in [0.717, 1.165) is 24.2 Å². The van der Waals surface area contributed by atoms with Crippen molar-refractivity contribution >= 4 is 31.6 Å². The minimum absolute atomic E-state index is 0.0337. The van der Waals surface area contributed by atoms with E-state index in [9.17, 15) is 13.2 Å². The first-order valence-electron chi connectivity index (χ1n) is 5.37. The molecule has 96 valence electrons. The summed E-state index contributed by atoms with van der Waals surface area (Å²) < 4.78 is 22.5. The summed E-state index contributed by atoms with van der Waals surface area (Å²) in [6.07, 6.45) is 1.96. The molecule has 3 rings (SSSR count). The number of H-pyrrole nitrogens is 1. The number of aromatic nitrogens is 2. The second-order valence-electron chi connectivity index (χ2n) is 4.80. The van der Waals surface area contributed by atoms with Crippen molar-refractivity contribution in [2.24, 2.45) is 5.14 Å². The maximum atomic E-state index is 11.9. The van der Waals surface area contributed by atoms with Crippen molar-refractivity contribution in [1.29, 1.82) is 0 Å². The molecule has 0 saturated heterocycles. The van der Waals surface area contributed by atoms with E-state index < -0.39 is 10.0 Å². The van der Waals surface area contributed by atoms with E-state index in [2.05, 4.69) is 9.97 Å². The molecule has 6 nitrogen and oxygen atoms in total. The summed E-state index contributed by atoms with van der Waals surface area (Å²) in [4.78, 5) is 19.4. The van der Waals surface area contributed by atoms with Gasteiger partial charge in [-0.3, -0.25) is 4.79 Å². The molecule has 2 aromatic rings. The van der Waals surface area contributed by atoms with Crippen molar-refractivity contribution in [1.82, 2.24) is 9.97 Å². The average Bonchev–Trinajstić information content (AvgIpc) is 2.85. The van der Waals surface area contributed by atoms with Gasteiger partial charge in [-0.1, -0.05) is 6.92 Å². The Morgan fingerprint density at radius 3 is 2.72 bits per heavy atom. The van der Waals surface area contributed by atoms with Crippen molar-refractivity contribution in [2.45, 2.75) is 29.4 Å². The van der Waals surface area contributed by atoms with E-state index in [1.165, 1.54) is 6.07 Å². The quantitative estimate of drug-likeness (QED) is 0.846. The maximum absolute atomic E-state index is 11.9. The summed E-state index contributed by atoms with van der Waals surface area (Å²) in [5, 5.41) is 5.32. The van der Waals surface area contributed by atoms with Gasteiger partial charge >= 0.3 is 0 Å². The molecule has 1 saturated carbocycles. The van der Waals surface area contributed by atoms with Gasteiger partial charge in [-0.15, -0.1) is 11.3 Å². The topological polar surface area (TPSA) is 106 Å². The number of aromatic amines is 1. The third-order valence-electron chi connectivity index (χ3n) is 3.23. The molecular formula is C10H11N3O3S2. The molecule has 2 heterocycles. The Kier molecular flexibility index (Phi) is 2.23. The SMILES string of the molecule is CC1(c2nc3sc(S(N)(=O)=O)cc3c(=O)[nH]2)CC1. The van der Waals surface area contributed by atoms with Gasteiger partial charge in [0, 0.05) is 5.41 Å². The van der Waals surface area contributed by atoms with E-state index in [0.29, 0.717) is 10.7 Å². The van der Waals surface area contributed by atoms with E-state index in [1.807, 2.05) is 6.92 Å². The fourth-order valence-corrected chi connectivity index (χ4v) is 3.51.